The Balaban J connectivity index is 1.44. The van der Waals surface area contributed by atoms with Crippen LogP contribution >= 0.6 is 0 Å². The van der Waals surface area contributed by atoms with Crippen LogP contribution in [0.15, 0.2) is 30.9 Å². The van der Waals surface area contributed by atoms with E-state index in [0.717, 1.165) is 23.4 Å². The summed E-state index contributed by atoms with van der Waals surface area (Å²) in [6.45, 7) is 1.14. The molecule has 0 spiro atoms. The molecule has 2 aliphatic rings. The first-order valence-corrected chi connectivity index (χ1v) is 10.8. The lowest BCUT2D eigenvalue weighted by Crippen LogP contribution is -2.37. The van der Waals surface area contributed by atoms with Crippen molar-refractivity contribution in [2.75, 3.05) is 36.2 Å². The minimum Gasteiger partial charge on any atom is -0.364 e. The van der Waals surface area contributed by atoms with Gasteiger partial charge in [-0.3, -0.25) is 14.5 Å². The number of likely N-dealkylation sites (N-methyl/N-ethyl adjacent to an activating group) is 1. The van der Waals surface area contributed by atoms with Gasteiger partial charge in [0.25, 0.3) is 0 Å². The zero-order valence-electron chi connectivity index (χ0n) is 18.2. The Morgan fingerprint density at radius 3 is 2.69 bits per heavy atom. The maximum atomic E-state index is 13.1. The number of fused-ring (bicyclic) bond motifs is 1. The van der Waals surface area contributed by atoms with E-state index < -0.39 is 0 Å². The third-order valence-corrected chi connectivity index (χ3v) is 6.07. The van der Waals surface area contributed by atoms with Crippen LogP contribution in [0.4, 0.5) is 17.3 Å². The second-order valence-corrected chi connectivity index (χ2v) is 8.56. The lowest BCUT2D eigenvalue weighted by atomic mass is 10.1. The number of imidazole rings is 1. The van der Waals surface area contributed by atoms with Crippen LogP contribution in [0, 0.1) is 0 Å². The molecule has 10 heteroatoms. The first kappa shape index (κ1) is 20.4. The van der Waals surface area contributed by atoms with Crippen LogP contribution in [0.5, 0.6) is 0 Å². The van der Waals surface area contributed by atoms with Gasteiger partial charge in [-0.05, 0) is 50.9 Å². The third-order valence-electron chi connectivity index (χ3n) is 6.07. The molecule has 3 aromatic rings. The normalized spacial score (nSPS) is 18.5. The number of amides is 2. The predicted octanol–water partition coefficient (Wildman–Crippen LogP) is 1.85. The van der Waals surface area contributed by atoms with Crippen molar-refractivity contribution < 1.29 is 9.59 Å². The molecule has 32 heavy (non-hydrogen) atoms. The number of hydrogen-bond acceptors (Lipinski definition) is 7. The molecule has 1 unspecified atom stereocenters. The van der Waals surface area contributed by atoms with Gasteiger partial charge in [0, 0.05) is 25.0 Å². The van der Waals surface area contributed by atoms with Crippen LogP contribution < -0.4 is 15.5 Å². The molecular weight excluding hydrogens is 408 g/mol. The maximum Gasteiger partial charge on any atom is 0.244 e. The minimum atomic E-state index is -0.0948. The van der Waals surface area contributed by atoms with Crippen molar-refractivity contribution in [3.05, 3.63) is 42.1 Å². The Kier molecular flexibility index (Phi) is 5.22. The molecule has 1 saturated heterocycles. The van der Waals surface area contributed by atoms with E-state index >= 15 is 0 Å². The number of nitrogens with one attached hydrogen (secondary N) is 2. The summed E-state index contributed by atoms with van der Waals surface area (Å²) >= 11 is 0. The largest absolute Gasteiger partial charge is 0.364 e. The van der Waals surface area contributed by atoms with Gasteiger partial charge in [0.05, 0.1) is 24.0 Å². The Morgan fingerprint density at radius 1 is 1.16 bits per heavy atom. The topological polar surface area (TPSA) is 108 Å². The zero-order chi connectivity index (χ0) is 22.2. The van der Waals surface area contributed by atoms with Crippen molar-refractivity contribution in [2.24, 2.45) is 0 Å². The van der Waals surface area contributed by atoms with E-state index in [1.54, 1.807) is 6.07 Å². The summed E-state index contributed by atoms with van der Waals surface area (Å²) in [4.78, 5) is 40.6. The third kappa shape index (κ3) is 3.89. The Bertz CT molecular complexity index is 1170. The molecule has 5 rings (SSSR count). The first-order valence-electron chi connectivity index (χ1n) is 10.8. The van der Waals surface area contributed by atoms with E-state index in [-0.39, 0.29) is 11.9 Å². The summed E-state index contributed by atoms with van der Waals surface area (Å²) in [7, 11) is 3.90. The van der Waals surface area contributed by atoms with E-state index in [2.05, 4.69) is 32.9 Å². The molecule has 166 valence electrons. The van der Waals surface area contributed by atoms with Gasteiger partial charge >= 0.3 is 0 Å². The van der Waals surface area contributed by atoms with Crippen molar-refractivity contribution in [1.82, 2.24) is 24.3 Å². The van der Waals surface area contributed by atoms with E-state index in [1.807, 2.05) is 34.5 Å². The Labute approximate surface area is 185 Å². The molecule has 10 nitrogen and oxygen atoms in total. The molecule has 1 aliphatic carbocycles. The van der Waals surface area contributed by atoms with Crippen LogP contribution in [0.1, 0.15) is 36.4 Å². The fraction of sp³-hybridized carbons (Fsp3) is 0.409. The lowest BCUT2D eigenvalue weighted by Gasteiger charge is -2.21. The molecule has 1 saturated carbocycles. The van der Waals surface area contributed by atoms with Gasteiger partial charge in [0.2, 0.25) is 12.3 Å². The van der Waals surface area contributed by atoms with Crippen LogP contribution in [-0.2, 0) is 16.1 Å². The molecule has 2 amide bonds. The molecule has 0 aromatic carbocycles. The maximum absolute atomic E-state index is 13.1. The van der Waals surface area contributed by atoms with Gasteiger partial charge in [-0.15, -0.1) is 0 Å². The SMILES string of the molecule is CN(C)C1CCN(c2cc(C3CC3)cn3cc(CNc4cc(NC=O)ncn4)nc23)C1=O. The van der Waals surface area contributed by atoms with Gasteiger partial charge < -0.3 is 19.9 Å². The average molecular weight is 435 g/mol. The van der Waals surface area contributed by atoms with Gasteiger partial charge in [-0.2, -0.15) is 0 Å². The highest BCUT2D eigenvalue weighted by Gasteiger charge is 2.36. The molecule has 0 bridgehead atoms. The number of nitrogens with zero attached hydrogens (tertiary/aromatic N) is 6. The molecule has 2 N–H and O–H groups in total. The predicted molar refractivity (Wildman–Crippen MR) is 121 cm³/mol. The smallest absolute Gasteiger partial charge is 0.244 e. The number of pyridine rings is 1. The van der Waals surface area contributed by atoms with Crippen molar-refractivity contribution in [2.45, 2.75) is 37.8 Å². The molecular formula is C22H26N8O2. The highest BCUT2D eigenvalue weighted by atomic mass is 16.2. The second-order valence-electron chi connectivity index (χ2n) is 8.56. The number of hydrogen-bond donors (Lipinski definition) is 2. The quantitative estimate of drug-likeness (QED) is 0.521. The average Bonchev–Trinajstić information content (AvgIpc) is 3.43. The van der Waals surface area contributed by atoms with Gasteiger partial charge in [-0.25, -0.2) is 15.0 Å². The number of anilines is 3. The molecule has 0 radical (unpaired) electrons. The number of carbonyl (C=O) groups is 2. The summed E-state index contributed by atoms with van der Waals surface area (Å²) in [5.74, 6) is 1.70. The van der Waals surface area contributed by atoms with Crippen LogP contribution in [0.3, 0.4) is 0 Å². The molecule has 4 heterocycles. The summed E-state index contributed by atoms with van der Waals surface area (Å²) in [5.41, 5.74) is 3.75. The van der Waals surface area contributed by atoms with E-state index in [0.29, 0.717) is 37.1 Å². The van der Waals surface area contributed by atoms with Crippen LogP contribution in [-0.4, -0.2) is 63.3 Å². The first-order chi connectivity index (χ1) is 15.5. The summed E-state index contributed by atoms with van der Waals surface area (Å²) in [6.07, 6.45) is 9.28. The van der Waals surface area contributed by atoms with Crippen LogP contribution in [0.25, 0.3) is 5.65 Å². The monoisotopic (exact) mass is 434 g/mol. The fourth-order valence-electron chi connectivity index (χ4n) is 4.23. The molecule has 1 aliphatic heterocycles. The summed E-state index contributed by atoms with van der Waals surface area (Å²) in [6, 6.07) is 3.71. The summed E-state index contributed by atoms with van der Waals surface area (Å²) in [5, 5.41) is 5.73. The van der Waals surface area contributed by atoms with Crippen molar-refractivity contribution >= 4 is 35.3 Å². The summed E-state index contributed by atoms with van der Waals surface area (Å²) < 4.78 is 2.04. The van der Waals surface area contributed by atoms with Crippen molar-refractivity contribution in [1.29, 1.82) is 0 Å². The number of rotatable bonds is 8. The minimum absolute atomic E-state index is 0.0948. The molecule has 2 fully saturated rings. The standard InChI is InChI=1S/C22H26N8O2/c1-28(2)17-5-6-30(22(17)32)18-7-15(14-3-4-14)10-29-11-16(27-21(18)29)9-23-19-8-20(26-13-31)25-12-24-19/h7-8,10-14,17H,3-6,9H2,1-2H3,(H2,23,24,25,26,31). The highest BCUT2D eigenvalue weighted by molar-refractivity contribution is 6.02. The van der Waals surface area contributed by atoms with Crippen molar-refractivity contribution in [3.63, 3.8) is 0 Å². The van der Waals surface area contributed by atoms with Gasteiger partial charge in [-0.1, -0.05) is 0 Å². The Morgan fingerprint density at radius 2 is 1.97 bits per heavy atom. The van der Waals surface area contributed by atoms with Crippen LogP contribution in [0.2, 0.25) is 0 Å². The van der Waals surface area contributed by atoms with Crippen molar-refractivity contribution in [3.8, 4) is 0 Å². The number of aromatic nitrogens is 4. The zero-order valence-corrected chi connectivity index (χ0v) is 18.2. The second kappa shape index (κ2) is 8.19. The van der Waals surface area contributed by atoms with E-state index in [9.17, 15) is 9.59 Å². The van der Waals surface area contributed by atoms with E-state index in [4.69, 9.17) is 4.98 Å². The number of carbonyl (C=O) groups excluding carboxylic acids is 2. The highest BCUT2D eigenvalue weighted by Crippen LogP contribution is 2.42. The van der Waals surface area contributed by atoms with Gasteiger partial charge in [0.1, 0.15) is 18.0 Å². The Hall–Kier alpha value is -3.53. The molecule has 1 atom stereocenters. The fourth-order valence-corrected chi connectivity index (χ4v) is 4.23. The van der Waals surface area contributed by atoms with Gasteiger partial charge in [0.15, 0.2) is 5.65 Å². The molecule has 3 aromatic heterocycles. The van der Waals surface area contributed by atoms with E-state index in [1.165, 1.54) is 24.7 Å². The lowest BCUT2D eigenvalue weighted by molar-refractivity contribution is -0.120.